The van der Waals surface area contributed by atoms with Gasteiger partial charge in [0.05, 0.1) is 0 Å². The second-order valence-electron chi connectivity index (χ2n) is 3.32. The second-order valence-corrected chi connectivity index (χ2v) is 3.32. The Hall–Kier alpha value is -1.50. The molecule has 66 valence electrons. The van der Waals surface area contributed by atoms with Gasteiger partial charge in [0.1, 0.15) is 0 Å². The van der Waals surface area contributed by atoms with Crippen LogP contribution in [0.2, 0.25) is 0 Å². The van der Waals surface area contributed by atoms with E-state index in [0.29, 0.717) is 0 Å². The van der Waals surface area contributed by atoms with Crippen molar-refractivity contribution in [3.8, 4) is 0 Å². The quantitative estimate of drug-likeness (QED) is 0.715. The first-order chi connectivity index (χ1) is 6.36. The molecule has 0 amide bonds. The lowest BCUT2D eigenvalue weighted by Crippen LogP contribution is -1.88. The fourth-order valence-corrected chi connectivity index (χ4v) is 1.50. The van der Waals surface area contributed by atoms with Gasteiger partial charge in [-0.05, 0) is 36.1 Å². The molecule has 0 unspecified atom stereocenters. The summed E-state index contributed by atoms with van der Waals surface area (Å²) < 4.78 is 0. The first-order valence-corrected chi connectivity index (χ1v) is 4.52. The number of rotatable bonds is 2. The van der Waals surface area contributed by atoms with Crippen LogP contribution in [0.5, 0.6) is 0 Å². The van der Waals surface area contributed by atoms with Crippen LogP contribution in [-0.2, 0) is 6.42 Å². The van der Waals surface area contributed by atoms with Crippen molar-refractivity contribution in [2.24, 2.45) is 0 Å². The van der Waals surface area contributed by atoms with E-state index in [1.165, 1.54) is 16.7 Å². The Morgan fingerprint density at radius 3 is 2.69 bits per heavy atom. The van der Waals surface area contributed by atoms with E-state index in [1.807, 2.05) is 12.4 Å². The summed E-state index contributed by atoms with van der Waals surface area (Å²) >= 11 is 0. The maximum Gasteiger partial charge on any atom is 0.00407 e. The van der Waals surface area contributed by atoms with Gasteiger partial charge in [-0.15, -0.1) is 0 Å². The molecule has 0 radical (unpaired) electrons. The number of aryl methyl sites for hydroxylation is 1. The summed E-state index contributed by atoms with van der Waals surface area (Å²) in [5, 5.41) is 0. The van der Waals surface area contributed by atoms with Gasteiger partial charge < -0.3 is 4.98 Å². The number of H-pyrrole nitrogens is 1. The molecule has 0 aliphatic carbocycles. The van der Waals surface area contributed by atoms with Gasteiger partial charge in [0.15, 0.2) is 0 Å². The zero-order valence-electron chi connectivity index (χ0n) is 7.75. The van der Waals surface area contributed by atoms with E-state index < -0.39 is 0 Å². The van der Waals surface area contributed by atoms with Crippen LogP contribution in [0.1, 0.15) is 16.7 Å². The monoisotopic (exact) mass is 171 g/mol. The fraction of sp³-hybridized carbons (Fsp3) is 0.167. The highest BCUT2D eigenvalue weighted by Crippen LogP contribution is 2.12. The summed E-state index contributed by atoms with van der Waals surface area (Å²) in [6.07, 6.45) is 5.04. The average Bonchev–Trinajstić information content (AvgIpc) is 2.61. The maximum absolute atomic E-state index is 3.07. The lowest BCUT2D eigenvalue weighted by atomic mass is 10.0. The molecule has 0 atom stereocenters. The van der Waals surface area contributed by atoms with Gasteiger partial charge in [-0.2, -0.15) is 0 Å². The lowest BCUT2D eigenvalue weighted by molar-refractivity contribution is 1.16. The van der Waals surface area contributed by atoms with Gasteiger partial charge in [0.2, 0.25) is 0 Å². The molecule has 0 aliphatic heterocycles. The van der Waals surface area contributed by atoms with E-state index in [0.717, 1.165) is 6.42 Å². The van der Waals surface area contributed by atoms with Crippen LogP contribution < -0.4 is 0 Å². The highest BCUT2D eigenvalue weighted by atomic mass is 14.6. The van der Waals surface area contributed by atoms with Crippen molar-refractivity contribution in [1.29, 1.82) is 0 Å². The molecule has 2 aromatic rings. The normalized spacial score (nSPS) is 10.2. The third-order valence-electron chi connectivity index (χ3n) is 2.32. The van der Waals surface area contributed by atoms with Crippen LogP contribution in [0.15, 0.2) is 42.7 Å². The molecule has 2 rings (SSSR count). The Bertz CT molecular complexity index is 374. The summed E-state index contributed by atoms with van der Waals surface area (Å²) in [6.45, 7) is 2.15. The molecule has 1 nitrogen and oxygen atoms in total. The van der Waals surface area contributed by atoms with Crippen molar-refractivity contribution < 1.29 is 0 Å². The summed E-state index contributed by atoms with van der Waals surface area (Å²) in [5.74, 6) is 0. The molecule has 0 fully saturated rings. The predicted molar refractivity (Wildman–Crippen MR) is 54.8 cm³/mol. The third kappa shape index (κ3) is 1.81. The minimum atomic E-state index is 1.02. The lowest BCUT2D eigenvalue weighted by Gasteiger charge is -2.02. The number of benzene rings is 1. The first-order valence-electron chi connectivity index (χ1n) is 4.52. The Kier molecular flexibility index (Phi) is 2.17. The summed E-state index contributed by atoms with van der Waals surface area (Å²) in [5.41, 5.74) is 4.11. The summed E-state index contributed by atoms with van der Waals surface area (Å²) in [7, 11) is 0. The number of nitrogens with one attached hydrogen (secondary N) is 1. The van der Waals surface area contributed by atoms with E-state index >= 15 is 0 Å². The molecule has 1 aromatic carbocycles. The first kappa shape index (κ1) is 8.11. The molecule has 0 spiro atoms. The van der Waals surface area contributed by atoms with Crippen LogP contribution in [0.4, 0.5) is 0 Å². The van der Waals surface area contributed by atoms with Crippen LogP contribution in [-0.4, -0.2) is 4.98 Å². The Morgan fingerprint density at radius 1 is 1.15 bits per heavy atom. The predicted octanol–water partition coefficient (Wildman–Crippen LogP) is 2.91. The molecule has 0 bridgehead atoms. The Balaban J connectivity index is 2.24. The second kappa shape index (κ2) is 3.48. The minimum absolute atomic E-state index is 1.02. The van der Waals surface area contributed by atoms with Crippen LogP contribution >= 0.6 is 0 Å². The van der Waals surface area contributed by atoms with E-state index in [1.54, 1.807) is 0 Å². The largest absolute Gasteiger partial charge is 0.367 e. The minimum Gasteiger partial charge on any atom is -0.367 e. The molecule has 0 saturated heterocycles. The molecular weight excluding hydrogens is 158 g/mol. The van der Waals surface area contributed by atoms with Gasteiger partial charge in [-0.25, -0.2) is 0 Å². The number of aromatic amines is 1. The Labute approximate surface area is 78.4 Å². The van der Waals surface area contributed by atoms with E-state index in [4.69, 9.17) is 0 Å². The highest BCUT2D eigenvalue weighted by molar-refractivity contribution is 5.30. The molecule has 0 saturated carbocycles. The molecule has 13 heavy (non-hydrogen) atoms. The van der Waals surface area contributed by atoms with Crippen LogP contribution in [0.25, 0.3) is 0 Å². The van der Waals surface area contributed by atoms with Crippen molar-refractivity contribution in [3.63, 3.8) is 0 Å². The number of hydrogen-bond donors (Lipinski definition) is 1. The van der Waals surface area contributed by atoms with Crippen molar-refractivity contribution in [1.82, 2.24) is 4.98 Å². The Morgan fingerprint density at radius 2 is 2.00 bits per heavy atom. The zero-order valence-corrected chi connectivity index (χ0v) is 7.75. The van der Waals surface area contributed by atoms with E-state index in [9.17, 15) is 0 Å². The van der Waals surface area contributed by atoms with Crippen molar-refractivity contribution in [2.45, 2.75) is 13.3 Å². The SMILES string of the molecule is Cc1ccccc1Cc1cc[nH]c1. The molecule has 1 heterocycles. The van der Waals surface area contributed by atoms with E-state index in [-0.39, 0.29) is 0 Å². The number of aromatic nitrogens is 1. The molecular formula is C12H13N. The van der Waals surface area contributed by atoms with Crippen LogP contribution in [0, 0.1) is 6.92 Å². The molecule has 1 aromatic heterocycles. The summed E-state index contributed by atoms with van der Waals surface area (Å²) in [4.78, 5) is 3.07. The van der Waals surface area contributed by atoms with Crippen molar-refractivity contribution in [3.05, 3.63) is 59.4 Å². The molecule has 1 N–H and O–H groups in total. The van der Waals surface area contributed by atoms with Gasteiger partial charge in [0, 0.05) is 12.4 Å². The van der Waals surface area contributed by atoms with Gasteiger partial charge in [-0.1, -0.05) is 24.3 Å². The van der Waals surface area contributed by atoms with Gasteiger partial charge >= 0.3 is 0 Å². The third-order valence-corrected chi connectivity index (χ3v) is 2.32. The average molecular weight is 171 g/mol. The zero-order chi connectivity index (χ0) is 9.10. The van der Waals surface area contributed by atoms with Gasteiger partial charge in [-0.3, -0.25) is 0 Å². The van der Waals surface area contributed by atoms with Crippen LogP contribution in [0.3, 0.4) is 0 Å². The standard InChI is InChI=1S/C12H13N/c1-10-4-2-3-5-12(10)8-11-6-7-13-9-11/h2-7,9,13H,8H2,1H3. The van der Waals surface area contributed by atoms with E-state index in [2.05, 4.69) is 42.2 Å². The fourth-order valence-electron chi connectivity index (χ4n) is 1.50. The van der Waals surface area contributed by atoms with Crippen molar-refractivity contribution >= 4 is 0 Å². The molecule has 1 heteroatoms. The molecule has 0 aliphatic rings. The smallest absolute Gasteiger partial charge is 0.00407 e. The summed E-state index contributed by atoms with van der Waals surface area (Å²) in [6, 6.07) is 10.6. The maximum atomic E-state index is 3.07. The highest BCUT2D eigenvalue weighted by Gasteiger charge is 1.98. The number of hydrogen-bond acceptors (Lipinski definition) is 0. The van der Waals surface area contributed by atoms with Gasteiger partial charge in [0.25, 0.3) is 0 Å². The topological polar surface area (TPSA) is 15.8 Å². The van der Waals surface area contributed by atoms with Crippen molar-refractivity contribution in [2.75, 3.05) is 0 Å².